The van der Waals surface area contributed by atoms with E-state index in [-0.39, 0.29) is 5.92 Å². The first-order chi connectivity index (χ1) is 8.18. The van der Waals surface area contributed by atoms with Crippen LogP contribution in [-0.4, -0.2) is 15.6 Å². The van der Waals surface area contributed by atoms with Crippen molar-refractivity contribution in [1.29, 1.82) is 0 Å². The summed E-state index contributed by atoms with van der Waals surface area (Å²) in [5.74, 6) is -0.691. The van der Waals surface area contributed by atoms with Gasteiger partial charge in [0.25, 0.3) is 0 Å². The minimum Gasteiger partial charge on any atom is -0.481 e. The number of rotatable bonds is 3. The quantitative estimate of drug-likeness (QED) is 0.879. The second-order valence-corrected chi connectivity index (χ2v) is 4.87. The fourth-order valence-corrected chi connectivity index (χ4v) is 2.64. The number of benzene rings is 1. The fourth-order valence-electron chi connectivity index (χ4n) is 2.64. The largest absolute Gasteiger partial charge is 0.481 e. The Morgan fingerprint density at radius 2 is 2.12 bits per heavy atom. The van der Waals surface area contributed by atoms with E-state index in [4.69, 9.17) is 0 Å². The summed E-state index contributed by atoms with van der Waals surface area (Å²) in [6.45, 7) is 0. The van der Waals surface area contributed by atoms with Crippen molar-refractivity contribution in [3.05, 3.63) is 36.0 Å². The maximum Gasteiger partial charge on any atom is 0.311 e. The van der Waals surface area contributed by atoms with Gasteiger partial charge in [-0.05, 0) is 30.4 Å². The zero-order chi connectivity index (χ0) is 12.0. The number of hydrogen-bond acceptors (Lipinski definition) is 1. The van der Waals surface area contributed by atoms with Gasteiger partial charge in [-0.1, -0.05) is 18.2 Å². The molecule has 3 rings (SSSR count). The molecule has 1 saturated carbocycles. The monoisotopic (exact) mass is 229 g/mol. The van der Waals surface area contributed by atoms with Gasteiger partial charge in [-0.2, -0.15) is 0 Å². The maximum atomic E-state index is 11.4. The van der Waals surface area contributed by atoms with Gasteiger partial charge < -0.3 is 9.67 Å². The molecule has 1 atom stereocenters. The summed E-state index contributed by atoms with van der Waals surface area (Å²) >= 11 is 0. The Balaban J connectivity index is 2.18. The van der Waals surface area contributed by atoms with Crippen molar-refractivity contribution in [2.24, 2.45) is 13.0 Å². The van der Waals surface area contributed by atoms with Crippen LogP contribution in [0.25, 0.3) is 10.9 Å². The molecule has 1 heterocycles. The third kappa shape index (κ3) is 1.62. The number of nitrogens with zero attached hydrogens (tertiary/aromatic N) is 1. The van der Waals surface area contributed by atoms with Gasteiger partial charge >= 0.3 is 5.97 Å². The Kier molecular flexibility index (Phi) is 2.21. The minimum absolute atomic E-state index is 0.332. The zero-order valence-electron chi connectivity index (χ0n) is 9.76. The van der Waals surface area contributed by atoms with Gasteiger partial charge in [0.05, 0.1) is 5.92 Å². The van der Waals surface area contributed by atoms with E-state index in [0.29, 0.717) is 5.92 Å². The van der Waals surface area contributed by atoms with E-state index in [9.17, 15) is 9.90 Å². The molecule has 3 heteroatoms. The van der Waals surface area contributed by atoms with Crippen molar-refractivity contribution in [3.8, 4) is 0 Å². The summed E-state index contributed by atoms with van der Waals surface area (Å²) in [4.78, 5) is 11.4. The van der Waals surface area contributed by atoms with Crippen molar-refractivity contribution in [2.75, 3.05) is 0 Å². The van der Waals surface area contributed by atoms with Crippen LogP contribution in [0.3, 0.4) is 0 Å². The summed E-state index contributed by atoms with van der Waals surface area (Å²) < 4.78 is 2.02. The predicted molar refractivity (Wildman–Crippen MR) is 66.0 cm³/mol. The van der Waals surface area contributed by atoms with Crippen LogP contribution in [-0.2, 0) is 11.8 Å². The molecule has 0 amide bonds. The third-order valence-corrected chi connectivity index (χ3v) is 3.62. The maximum absolute atomic E-state index is 11.4. The topological polar surface area (TPSA) is 42.2 Å². The number of aliphatic carboxylic acids is 1. The van der Waals surface area contributed by atoms with E-state index in [2.05, 4.69) is 0 Å². The Bertz CT molecular complexity index is 581. The molecule has 3 nitrogen and oxygen atoms in total. The molecule has 0 aliphatic heterocycles. The Morgan fingerprint density at radius 1 is 1.41 bits per heavy atom. The third-order valence-electron chi connectivity index (χ3n) is 3.62. The summed E-state index contributed by atoms with van der Waals surface area (Å²) in [5, 5.41) is 10.5. The number of fused-ring (bicyclic) bond motifs is 1. The molecule has 88 valence electrons. The normalized spacial score (nSPS) is 17.2. The molecular formula is C14H15NO2. The smallest absolute Gasteiger partial charge is 0.311 e. The average Bonchev–Trinajstić information content (AvgIpc) is 3.07. The molecule has 1 aliphatic carbocycles. The lowest BCUT2D eigenvalue weighted by Crippen LogP contribution is -2.13. The highest BCUT2D eigenvalue weighted by molar-refractivity contribution is 5.90. The van der Waals surface area contributed by atoms with Crippen molar-refractivity contribution >= 4 is 16.9 Å². The lowest BCUT2D eigenvalue weighted by Gasteiger charge is -2.09. The van der Waals surface area contributed by atoms with Gasteiger partial charge in [0.1, 0.15) is 0 Å². The zero-order valence-corrected chi connectivity index (χ0v) is 9.76. The van der Waals surface area contributed by atoms with Gasteiger partial charge in [0, 0.05) is 24.1 Å². The molecule has 2 aromatic rings. The Hall–Kier alpha value is -1.77. The van der Waals surface area contributed by atoms with E-state index in [1.165, 1.54) is 0 Å². The number of aromatic nitrogens is 1. The van der Waals surface area contributed by atoms with Crippen LogP contribution in [0.1, 0.15) is 24.3 Å². The van der Waals surface area contributed by atoms with E-state index < -0.39 is 5.97 Å². The molecule has 1 fully saturated rings. The van der Waals surface area contributed by atoms with E-state index in [1.54, 1.807) is 0 Å². The van der Waals surface area contributed by atoms with E-state index in [0.717, 1.165) is 29.3 Å². The molecular weight excluding hydrogens is 214 g/mol. The van der Waals surface area contributed by atoms with Gasteiger partial charge in [-0.3, -0.25) is 4.79 Å². The highest BCUT2D eigenvalue weighted by Crippen LogP contribution is 2.44. The second kappa shape index (κ2) is 3.62. The van der Waals surface area contributed by atoms with Crippen LogP contribution in [0.2, 0.25) is 0 Å². The summed E-state index contributed by atoms with van der Waals surface area (Å²) in [6.07, 6.45) is 4.06. The summed E-state index contributed by atoms with van der Waals surface area (Å²) in [7, 11) is 1.97. The summed E-state index contributed by atoms with van der Waals surface area (Å²) in [6, 6.07) is 8.00. The van der Waals surface area contributed by atoms with Gasteiger partial charge in [0.15, 0.2) is 0 Å². The number of aryl methyl sites for hydroxylation is 1. The predicted octanol–water partition coefficient (Wildman–Crippen LogP) is 2.76. The number of carboxylic acid groups (broad SMARTS) is 1. The molecule has 1 unspecified atom stereocenters. The lowest BCUT2D eigenvalue weighted by molar-refractivity contribution is -0.139. The number of para-hydroxylation sites is 1. The molecule has 0 saturated heterocycles. The molecule has 1 N–H and O–H groups in total. The molecule has 0 radical (unpaired) electrons. The minimum atomic E-state index is -0.691. The number of hydrogen-bond donors (Lipinski definition) is 1. The van der Waals surface area contributed by atoms with Crippen LogP contribution < -0.4 is 0 Å². The van der Waals surface area contributed by atoms with E-state index >= 15 is 0 Å². The van der Waals surface area contributed by atoms with Crippen LogP contribution >= 0.6 is 0 Å². The molecule has 1 aromatic carbocycles. The van der Waals surface area contributed by atoms with Crippen molar-refractivity contribution in [1.82, 2.24) is 4.57 Å². The van der Waals surface area contributed by atoms with E-state index in [1.807, 2.05) is 42.1 Å². The molecule has 1 aromatic heterocycles. The molecule has 0 bridgehead atoms. The van der Waals surface area contributed by atoms with Crippen LogP contribution in [0.5, 0.6) is 0 Å². The highest BCUT2D eigenvalue weighted by atomic mass is 16.4. The van der Waals surface area contributed by atoms with Crippen molar-refractivity contribution in [2.45, 2.75) is 18.8 Å². The van der Waals surface area contributed by atoms with Crippen molar-refractivity contribution < 1.29 is 9.90 Å². The highest BCUT2D eigenvalue weighted by Gasteiger charge is 2.38. The average molecular weight is 229 g/mol. The Morgan fingerprint density at radius 3 is 2.76 bits per heavy atom. The first-order valence-electron chi connectivity index (χ1n) is 5.95. The van der Waals surface area contributed by atoms with Gasteiger partial charge in [-0.15, -0.1) is 0 Å². The Labute approximate surface area is 99.7 Å². The van der Waals surface area contributed by atoms with Crippen LogP contribution in [0, 0.1) is 5.92 Å². The standard InChI is InChI=1S/C14H15NO2/c1-15-8-11(10-4-2-3-5-12(10)15)13(14(16)17)9-6-7-9/h2-5,8-9,13H,6-7H2,1H3,(H,16,17). The number of carboxylic acids is 1. The SMILES string of the molecule is Cn1cc(C(C(=O)O)C2CC2)c2ccccc21. The van der Waals surface area contributed by atoms with Gasteiger partial charge in [-0.25, -0.2) is 0 Å². The lowest BCUT2D eigenvalue weighted by atomic mass is 9.94. The number of carbonyl (C=O) groups is 1. The summed E-state index contributed by atoms with van der Waals surface area (Å²) in [5.41, 5.74) is 2.08. The van der Waals surface area contributed by atoms with Gasteiger partial charge in [0.2, 0.25) is 0 Å². The molecule has 0 spiro atoms. The molecule has 17 heavy (non-hydrogen) atoms. The van der Waals surface area contributed by atoms with Crippen LogP contribution in [0.4, 0.5) is 0 Å². The van der Waals surface area contributed by atoms with Crippen LogP contribution in [0.15, 0.2) is 30.5 Å². The molecule has 1 aliphatic rings. The van der Waals surface area contributed by atoms with Crippen molar-refractivity contribution in [3.63, 3.8) is 0 Å². The second-order valence-electron chi connectivity index (χ2n) is 4.87. The fraction of sp³-hybridized carbons (Fsp3) is 0.357. The first kappa shape index (κ1) is 10.4. The first-order valence-corrected chi connectivity index (χ1v) is 5.95.